The number of halogens is 1. The van der Waals surface area contributed by atoms with Crippen molar-refractivity contribution in [3.8, 4) is 0 Å². The quantitative estimate of drug-likeness (QED) is 0.367. The summed E-state index contributed by atoms with van der Waals surface area (Å²) in [5, 5.41) is 16.6. The first-order valence-electron chi connectivity index (χ1n) is 13.8. The van der Waals surface area contributed by atoms with Gasteiger partial charge in [-0.25, -0.2) is 0 Å². The second-order valence-electron chi connectivity index (χ2n) is 10.9. The van der Waals surface area contributed by atoms with E-state index in [9.17, 15) is 9.50 Å². The fourth-order valence-electron chi connectivity index (χ4n) is 6.70. The number of piperidine rings is 1. The summed E-state index contributed by atoms with van der Waals surface area (Å²) in [6, 6.07) is 7.02. The van der Waals surface area contributed by atoms with Crippen LogP contribution < -0.4 is 5.32 Å². The van der Waals surface area contributed by atoms with Gasteiger partial charge in [-0.1, -0.05) is 50.3 Å². The maximum atomic E-state index is 14.1. The van der Waals surface area contributed by atoms with E-state index >= 15 is 0 Å². The van der Waals surface area contributed by atoms with Crippen LogP contribution in [0.4, 0.5) is 4.39 Å². The van der Waals surface area contributed by atoms with E-state index in [-0.39, 0.29) is 5.92 Å². The molecule has 0 radical (unpaired) electrons. The van der Waals surface area contributed by atoms with E-state index in [2.05, 4.69) is 10.2 Å². The largest absolute Gasteiger partial charge is 0.431 e. The molecule has 6 heteroatoms. The summed E-state index contributed by atoms with van der Waals surface area (Å²) in [5.41, 5.74) is 0.164. The Hall–Kier alpha value is -1.47. The molecule has 5 nitrogen and oxygen atoms in total. The highest BCUT2D eigenvalue weighted by atomic mass is 19.1. The molecule has 2 heterocycles. The van der Waals surface area contributed by atoms with Gasteiger partial charge in [-0.15, -0.1) is 0 Å². The average molecular weight is 489 g/mol. The Bertz CT molecular complexity index is 912. The lowest BCUT2D eigenvalue weighted by Gasteiger charge is -2.46. The molecule has 0 bridgehead atoms. The Morgan fingerprint density at radius 1 is 1.20 bits per heavy atom. The van der Waals surface area contributed by atoms with E-state index in [1.807, 2.05) is 25.2 Å². The predicted molar refractivity (Wildman–Crippen MR) is 139 cm³/mol. The van der Waals surface area contributed by atoms with Gasteiger partial charge in [0.25, 0.3) is 6.01 Å². The molecule has 1 saturated heterocycles. The second kappa shape index (κ2) is 12.7. The van der Waals surface area contributed by atoms with Gasteiger partial charge in [0.1, 0.15) is 5.58 Å². The Balaban J connectivity index is 1.58. The van der Waals surface area contributed by atoms with Crippen LogP contribution in [0, 0.1) is 17.8 Å². The summed E-state index contributed by atoms with van der Waals surface area (Å²) in [6.07, 6.45) is 12.5. The zero-order chi connectivity index (χ0) is 24.7. The fourth-order valence-corrected chi connectivity index (χ4v) is 6.70. The summed E-state index contributed by atoms with van der Waals surface area (Å²) >= 11 is 0. The average Bonchev–Trinajstić information content (AvgIpc) is 3.27. The van der Waals surface area contributed by atoms with Gasteiger partial charge in [0.05, 0.1) is 5.60 Å². The third-order valence-corrected chi connectivity index (χ3v) is 8.55. The van der Waals surface area contributed by atoms with Gasteiger partial charge in [0.2, 0.25) is 0 Å². The van der Waals surface area contributed by atoms with Crippen LogP contribution in [0.25, 0.3) is 11.0 Å². The number of methoxy groups -OCH3 is 1. The number of nitrogens with one attached hydrogen (secondary N) is 1. The third-order valence-electron chi connectivity index (χ3n) is 8.55. The van der Waals surface area contributed by atoms with E-state index < -0.39 is 11.6 Å². The molecule has 1 saturated carbocycles. The lowest BCUT2D eigenvalue weighted by atomic mass is 9.73. The molecule has 0 spiro atoms. The molecule has 196 valence electrons. The normalized spacial score (nSPS) is 22.9. The monoisotopic (exact) mass is 488 g/mol. The highest BCUT2D eigenvalue weighted by Crippen LogP contribution is 2.43. The van der Waals surface area contributed by atoms with Crippen LogP contribution in [0.15, 0.2) is 28.7 Å². The van der Waals surface area contributed by atoms with Gasteiger partial charge >= 0.3 is 0 Å². The number of hydrogen-bond donors (Lipinski definition) is 2. The van der Waals surface area contributed by atoms with Gasteiger partial charge in [0.15, 0.2) is 0 Å². The number of nitrogens with zero attached hydrogens (tertiary/aromatic N) is 1. The van der Waals surface area contributed by atoms with Gasteiger partial charge in [-0.2, -0.15) is 4.39 Å². The molecule has 4 rings (SSSR count). The number of aliphatic hydroxyl groups is 1. The van der Waals surface area contributed by atoms with Gasteiger partial charge in [0, 0.05) is 55.8 Å². The molecule has 1 aliphatic heterocycles. The first-order chi connectivity index (χ1) is 17.0. The molecule has 3 atom stereocenters. The molecule has 2 fully saturated rings. The van der Waals surface area contributed by atoms with Crippen LogP contribution >= 0.6 is 0 Å². The zero-order valence-electron chi connectivity index (χ0n) is 21.7. The maximum Gasteiger partial charge on any atom is 0.278 e. The number of rotatable bonds is 12. The highest BCUT2D eigenvalue weighted by Gasteiger charge is 2.43. The zero-order valence-corrected chi connectivity index (χ0v) is 21.7. The number of likely N-dealkylation sites (tertiary alicyclic amines) is 1. The summed E-state index contributed by atoms with van der Waals surface area (Å²) < 4.78 is 24.8. The van der Waals surface area contributed by atoms with Crippen molar-refractivity contribution in [3.63, 3.8) is 0 Å². The van der Waals surface area contributed by atoms with Crippen molar-refractivity contribution >= 4 is 11.0 Å². The summed E-state index contributed by atoms with van der Waals surface area (Å²) in [6.45, 7) is 3.60. The molecule has 2 aromatic rings. The van der Waals surface area contributed by atoms with Crippen LogP contribution in [-0.2, 0) is 10.3 Å². The number of unbranched alkanes of at least 4 members (excludes halogenated alkanes) is 1. The van der Waals surface area contributed by atoms with E-state index in [1.165, 1.54) is 44.6 Å². The fraction of sp³-hybridized carbons (Fsp3) is 0.724. The standard InChI is InChI=1S/C29H45FN2O3/c1-31-20-25(18-22-10-4-3-5-11-22)32-16-9-13-24(21-32)29(33,15-6-7-17-34-2)26-14-8-12-23-19-27(30)35-28(23)26/h8,12,14,19,22,24-25,31,33H,3-7,9-11,13,15-18,20-21H2,1-2H3/t24?,25?,29-/m0/s1. The van der Waals surface area contributed by atoms with Crippen molar-refractivity contribution < 1.29 is 18.7 Å². The van der Waals surface area contributed by atoms with E-state index in [0.717, 1.165) is 56.8 Å². The summed E-state index contributed by atoms with van der Waals surface area (Å²) in [4.78, 5) is 2.63. The minimum Gasteiger partial charge on any atom is -0.431 e. The first kappa shape index (κ1) is 26.6. The van der Waals surface area contributed by atoms with Crippen molar-refractivity contribution in [1.29, 1.82) is 0 Å². The molecule has 1 aromatic carbocycles. The lowest BCUT2D eigenvalue weighted by Crippen LogP contribution is -2.52. The van der Waals surface area contributed by atoms with Crippen molar-refractivity contribution in [2.75, 3.05) is 40.4 Å². The topological polar surface area (TPSA) is 57.9 Å². The van der Waals surface area contributed by atoms with Crippen LogP contribution in [0.5, 0.6) is 0 Å². The van der Waals surface area contributed by atoms with Crippen molar-refractivity contribution in [2.45, 2.75) is 82.3 Å². The molecule has 0 amide bonds. The number of hydrogen-bond acceptors (Lipinski definition) is 5. The summed E-state index contributed by atoms with van der Waals surface area (Å²) in [7, 11) is 3.76. The highest BCUT2D eigenvalue weighted by molar-refractivity contribution is 5.81. The summed E-state index contributed by atoms with van der Waals surface area (Å²) in [5.74, 6) is 0.888. The van der Waals surface area contributed by atoms with Crippen molar-refractivity contribution in [3.05, 3.63) is 35.8 Å². The number of furan rings is 1. The molecule has 2 aliphatic rings. The second-order valence-corrected chi connectivity index (χ2v) is 10.9. The first-order valence-corrected chi connectivity index (χ1v) is 13.8. The Morgan fingerprint density at radius 3 is 2.80 bits per heavy atom. The number of likely N-dealkylation sites (N-methyl/N-ethyl adjacent to an activating group) is 1. The molecule has 2 N–H and O–H groups in total. The Morgan fingerprint density at radius 2 is 2.03 bits per heavy atom. The van der Waals surface area contributed by atoms with Crippen LogP contribution in [0.2, 0.25) is 0 Å². The van der Waals surface area contributed by atoms with E-state index in [0.29, 0.717) is 30.0 Å². The van der Waals surface area contributed by atoms with Crippen LogP contribution in [0.1, 0.15) is 76.2 Å². The number of benzene rings is 1. The molecule has 2 unspecified atom stereocenters. The Kier molecular flexibility index (Phi) is 9.62. The van der Waals surface area contributed by atoms with E-state index in [4.69, 9.17) is 9.15 Å². The Labute approximate surface area is 210 Å². The molecule has 1 aliphatic carbocycles. The third kappa shape index (κ3) is 6.46. The SMILES string of the molecule is CNCC(CC1CCCCC1)N1CCCC([C@@](O)(CCCCOC)c2cccc3cc(F)oc23)C1. The number of fused-ring (bicyclic) bond motifs is 1. The molecular formula is C29H45FN2O3. The number of para-hydroxylation sites is 1. The van der Waals surface area contributed by atoms with Gasteiger partial charge in [-0.3, -0.25) is 4.90 Å². The van der Waals surface area contributed by atoms with Crippen LogP contribution in [0.3, 0.4) is 0 Å². The maximum absolute atomic E-state index is 14.1. The minimum absolute atomic E-state index is 0.0725. The predicted octanol–water partition coefficient (Wildman–Crippen LogP) is 5.85. The minimum atomic E-state index is -1.06. The lowest BCUT2D eigenvalue weighted by molar-refractivity contribution is -0.0685. The van der Waals surface area contributed by atoms with Gasteiger partial charge < -0.3 is 19.6 Å². The van der Waals surface area contributed by atoms with Crippen molar-refractivity contribution in [1.82, 2.24) is 10.2 Å². The molecule has 35 heavy (non-hydrogen) atoms. The van der Waals surface area contributed by atoms with Crippen LogP contribution in [-0.4, -0.2) is 56.4 Å². The molecular weight excluding hydrogens is 443 g/mol. The number of ether oxygens (including phenoxy) is 1. The smallest absolute Gasteiger partial charge is 0.278 e. The molecule has 1 aromatic heterocycles. The van der Waals surface area contributed by atoms with E-state index in [1.54, 1.807) is 7.11 Å². The van der Waals surface area contributed by atoms with Gasteiger partial charge in [-0.05, 0) is 58.0 Å². The van der Waals surface area contributed by atoms with Crippen molar-refractivity contribution in [2.24, 2.45) is 11.8 Å².